The molecule has 0 spiro atoms. The summed E-state index contributed by atoms with van der Waals surface area (Å²) in [6.45, 7) is 0. The van der Waals surface area contributed by atoms with Crippen LogP contribution in [0.5, 0.6) is 0 Å². The van der Waals surface area contributed by atoms with E-state index in [1.165, 1.54) is 54.8 Å². The van der Waals surface area contributed by atoms with Crippen molar-refractivity contribution in [3.8, 4) is 27.9 Å². The lowest BCUT2D eigenvalue weighted by molar-refractivity contribution is 1.18. The normalized spacial score (nSPS) is 11.8. The van der Waals surface area contributed by atoms with E-state index >= 15 is 0 Å². The Balaban J connectivity index is 1.29. The van der Waals surface area contributed by atoms with Crippen molar-refractivity contribution in [2.75, 3.05) is 4.90 Å². The number of anilines is 3. The summed E-state index contributed by atoms with van der Waals surface area (Å²) in [5.41, 5.74) is 12.4. The van der Waals surface area contributed by atoms with Crippen LogP contribution in [0.3, 0.4) is 0 Å². The lowest BCUT2D eigenvalue weighted by atomic mass is 9.99. The van der Waals surface area contributed by atoms with Crippen LogP contribution in [0, 0.1) is 0 Å². The fourth-order valence-electron chi connectivity index (χ4n) is 6.94. The number of rotatable bonds is 4. The lowest BCUT2D eigenvalue weighted by Crippen LogP contribution is -2.09. The molecule has 1 aliphatic rings. The van der Waals surface area contributed by atoms with Crippen molar-refractivity contribution in [1.29, 1.82) is 0 Å². The summed E-state index contributed by atoms with van der Waals surface area (Å²) in [6, 6.07) is 57.0. The van der Waals surface area contributed by atoms with Gasteiger partial charge in [-0.1, -0.05) is 97.1 Å². The van der Waals surface area contributed by atoms with Crippen molar-refractivity contribution in [2.24, 2.45) is 0 Å². The van der Waals surface area contributed by atoms with Crippen molar-refractivity contribution in [3.05, 3.63) is 158 Å². The van der Waals surface area contributed by atoms with Gasteiger partial charge in [0.1, 0.15) is 0 Å². The van der Waals surface area contributed by atoms with Gasteiger partial charge in [0.15, 0.2) is 0 Å². The molecule has 196 valence electrons. The van der Waals surface area contributed by atoms with Gasteiger partial charge in [0.25, 0.3) is 0 Å². The van der Waals surface area contributed by atoms with Crippen LogP contribution >= 0.6 is 0 Å². The molecule has 8 aromatic rings. The highest BCUT2D eigenvalue weighted by atomic mass is 15.1. The SMILES string of the molecule is c1ccc(N(c2ccccc2)c2ccc(-n3c4ccccc4c4cc5c6c(cccc6c43)-c3ccccc3-5)cc2)cc1. The minimum atomic E-state index is 1.12. The lowest BCUT2D eigenvalue weighted by Gasteiger charge is -2.25. The minimum absolute atomic E-state index is 1.12. The van der Waals surface area contributed by atoms with E-state index in [1.54, 1.807) is 0 Å². The second-order valence-electron chi connectivity index (χ2n) is 11.0. The molecule has 0 radical (unpaired) electrons. The fourth-order valence-corrected chi connectivity index (χ4v) is 6.94. The summed E-state index contributed by atoms with van der Waals surface area (Å²) in [5.74, 6) is 0. The molecule has 1 aromatic heterocycles. The largest absolute Gasteiger partial charge is 0.311 e. The molecule has 2 nitrogen and oxygen atoms in total. The van der Waals surface area contributed by atoms with E-state index in [-0.39, 0.29) is 0 Å². The van der Waals surface area contributed by atoms with Gasteiger partial charge in [0, 0.05) is 38.9 Å². The van der Waals surface area contributed by atoms with E-state index in [1.807, 2.05) is 0 Å². The van der Waals surface area contributed by atoms with Crippen molar-refractivity contribution < 1.29 is 0 Å². The standard InChI is InChI=1S/C40H26N2/c1-3-12-27(13-4-1)41(28-14-5-2-6-15-28)29-22-24-30(25-23-29)42-38-21-10-9-18-33(38)37-26-36-32-17-8-7-16-31(32)34-19-11-20-35(39(34)36)40(37)42/h1-26H. The van der Waals surface area contributed by atoms with E-state index in [0.717, 1.165) is 22.7 Å². The predicted octanol–water partition coefficient (Wildman–Crippen LogP) is 11.1. The second-order valence-corrected chi connectivity index (χ2v) is 11.0. The zero-order chi connectivity index (χ0) is 27.6. The first-order chi connectivity index (χ1) is 20.9. The number of fused-ring (bicyclic) bond motifs is 7. The first kappa shape index (κ1) is 23.1. The van der Waals surface area contributed by atoms with Gasteiger partial charge in [0.2, 0.25) is 0 Å². The average molecular weight is 535 g/mol. The summed E-state index contributed by atoms with van der Waals surface area (Å²) in [7, 11) is 0. The van der Waals surface area contributed by atoms with Crippen molar-refractivity contribution in [1.82, 2.24) is 4.57 Å². The first-order valence-electron chi connectivity index (χ1n) is 14.5. The molecule has 0 amide bonds. The Morgan fingerprint density at radius 2 is 0.929 bits per heavy atom. The third-order valence-corrected chi connectivity index (χ3v) is 8.69. The second kappa shape index (κ2) is 8.95. The van der Waals surface area contributed by atoms with Crippen LogP contribution < -0.4 is 4.90 Å². The highest BCUT2D eigenvalue weighted by Gasteiger charge is 2.25. The number of nitrogens with zero attached hydrogens (tertiary/aromatic N) is 2. The summed E-state index contributed by atoms with van der Waals surface area (Å²) in [5, 5.41) is 5.22. The maximum Gasteiger partial charge on any atom is 0.0620 e. The van der Waals surface area contributed by atoms with E-state index < -0.39 is 0 Å². The summed E-state index contributed by atoms with van der Waals surface area (Å²) >= 11 is 0. The third-order valence-electron chi connectivity index (χ3n) is 8.69. The van der Waals surface area contributed by atoms with Crippen molar-refractivity contribution in [3.63, 3.8) is 0 Å². The van der Waals surface area contributed by atoms with Gasteiger partial charge < -0.3 is 9.47 Å². The van der Waals surface area contributed by atoms with Gasteiger partial charge in [-0.2, -0.15) is 0 Å². The number of hydrogen-bond acceptors (Lipinski definition) is 1. The van der Waals surface area contributed by atoms with Crippen molar-refractivity contribution in [2.45, 2.75) is 0 Å². The third kappa shape index (κ3) is 3.27. The van der Waals surface area contributed by atoms with Gasteiger partial charge in [-0.05, 0) is 88.3 Å². The highest BCUT2D eigenvalue weighted by molar-refractivity contribution is 6.27. The molecular weight excluding hydrogens is 508 g/mol. The Hall–Kier alpha value is -5.60. The summed E-state index contributed by atoms with van der Waals surface area (Å²) < 4.78 is 2.45. The molecule has 0 unspecified atom stereocenters. The molecule has 42 heavy (non-hydrogen) atoms. The van der Waals surface area contributed by atoms with Crippen LogP contribution in [0.4, 0.5) is 17.1 Å². The summed E-state index contributed by atoms with van der Waals surface area (Å²) in [6.07, 6.45) is 0. The molecule has 2 heteroatoms. The Morgan fingerprint density at radius 1 is 0.381 bits per heavy atom. The molecule has 0 N–H and O–H groups in total. The topological polar surface area (TPSA) is 8.17 Å². The molecule has 9 rings (SSSR count). The average Bonchev–Trinajstić information content (AvgIpc) is 3.57. The van der Waals surface area contributed by atoms with E-state index in [0.29, 0.717) is 0 Å². The van der Waals surface area contributed by atoms with Gasteiger partial charge in [-0.25, -0.2) is 0 Å². The Morgan fingerprint density at radius 3 is 1.64 bits per heavy atom. The van der Waals surface area contributed by atoms with Gasteiger partial charge in [-0.15, -0.1) is 0 Å². The van der Waals surface area contributed by atoms with E-state index in [2.05, 4.69) is 167 Å². The maximum absolute atomic E-state index is 2.45. The molecular formula is C40H26N2. The molecule has 0 atom stereocenters. The Bertz CT molecular complexity index is 2240. The van der Waals surface area contributed by atoms with Gasteiger partial charge in [0.05, 0.1) is 11.0 Å². The molecule has 7 aromatic carbocycles. The van der Waals surface area contributed by atoms with Crippen LogP contribution in [0.15, 0.2) is 158 Å². The zero-order valence-electron chi connectivity index (χ0n) is 22.9. The van der Waals surface area contributed by atoms with Crippen LogP contribution in [0.2, 0.25) is 0 Å². The molecule has 1 heterocycles. The predicted molar refractivity (Wildman–Crippen MR) is 177 cm³/mol. The van der Waals surface area contributed by atoms with Crippen LogP contribution in [0.1, 0.15) is 0 Å². The van der Waals surface area contributed by atoms with Crippen LogP contribution in [0.25, 0.3) is 60.5 Å². The minimum Gasteiger partial charge on any atom is -0.311 e. The summed E-state index contributed by atoms with van der Waals surface area (Å²) in [4.78, 5) is 2.31. The van der Waals surface area contributed by atoms with E-state index in [9.17, 15) is 0 Å². The number of hydrogen-bond donors (Lipinski definition) is 0. The van der Waals surface area contributed by atoms with E-state index in [4.69, 9.17) is 0 Å². The monoisotopic (exact) mass is 534 g/mol. The molecule has 0 saturated heterocycles. The van der Waals surface area contributed by atoms with Crippen LogP contribution in [-0.4, -0.2) is 4.57 Å². The zero-order valence-corrected chi connectivity index (χ0v) is 22.9. The molecule has 0 saturated carbocycles. The van der Waals surface area contributed by atoms with Crippen molar-refractivity contribution >= 4 is 49.6 Å². The molecule has 1 aliphatic carbocycles. The number of benzene rings is 7. The molecule has 0 bridgehead atoms. The molecule has 0 aliphatic heterocycles. The quantitative estimate of drug-likeness (QED) is 0.218. The van der Waals surface area contributed by atoms with Gasteiger partial charge in [-0.3, -0.25) is 0 Å². The van der Waals surface area contributed by atoms with Gasteiger partial charge >= 0.3 is 0 Å². The first-order valence-corrected chi connectivity index (χ1v) is 14.5. The number of para-hydroxylation sites is 3. The maximum atomic E-state index is 2.45. The fraction of sp³-hybridized carbons (Fsp3) is 0. The smallest absolute Gasteiger partial charge is 0.0620 e. The highest BCUT2D eigenvalue weighted by Crippen LogP contribution is 2.51. The number of aromatic nitrogens is 1. The van der Waals surface area contributed by atoms with Crippen LogP contribution in [-0.2, 0) is 0 Å². The Kier molecular flexibility index (Phi) is 4.93. The Labute approximate surface area is 244 Å². The molecule has 0 fully saturated rings.